The number of benzene rings is 1. The lowest BCUT2D eigenvalue weighted by Crippen LogP contribution is -1.96. The first-order valence-corrected chi connectivity index (χ1v) is 8.15. The van der Waals surface area contributed by atoms with Gasteiger partial charge in [0, 0.05) is 34.9 Å². The van der Waals surface area contributed by atoms with Crippen molar-refractivity contribution in [2.75, 3.05) is 5.32 Å². The molecule has 4 nitrogen and oxygen atoms in total. The van der Waals surface area contributed by atoms with Crippen LogP contribution in [0.4, 0.5) is 11.5 Å². The summed E-state index contributed by atoms with van der Waals surface area (Å²) >= 11 is 1.69. The second-order valence-corrected chi connectivity index (χ2v) is 6.22. The molecule has 0 unspecified atom stereocenters. The van der Waals surface area contributed by atoms with Gasteiger partial charge in [0.1, 0.15) is 12.1 Å². The zero-order chi connectivity index (χ0) is 15.6. The minimum Gasteiger partial charge on any atom is -0.340 e. The average Bonchev–Trinajstić information content (AvgIpc) is 3.02. The van der Waals surface area contributed by atoms with E-state index in [1.807, 2.05) is 36.5 Å². The molecule has 0 radical (unpaired) electrons. The number of thiophene rings is 1. The second kappa shape index (κ2) is 5.78. The van der Waals surface area contributed by atoms with Crippen LogP contribution in [-0.2, 0) is 0 Å². The van der Waals surface area contributed by atoms with Gasteiger partial charge in [-0.05, 0) is 36.1 Å². The monoisotopic (exact) mass is 318 g/mol. The minimum absolute atomic E-state index is 0.783. The van der Waals surface area contributed by atoms with E-state index in [1.54, 1.807) is 23.9 Å². The molecule has 0 atom stereocenters. The number of rotatable bonds is 3. The summed E-state index contributed by atoms with van der Waals surface area (Å²) in [7, 11) is 0. The predicted octanol–water partition coefficient (Wildman–Crippen LogP) is 4.81. The molecule has 0 bridgehead atoms. The molecule has 0 aliphatic carbocycles. The van der Waals surface area contributed by atoms with Crippen LogP contribution in [0.5, 0.6) is 0 Å². The number of aromatic nitrogens is 3. The van der Waals surface area contributed by atoms with E-state index in [2.05, 4.69) is 38.6 Å². The smallest absolute Gasteiger partial charge is 0.134 e. The fourth-order valence-electron chi connectivity index (χ4n) is 2.50. The molecule has 0 saturated carbocycles. The molecule has 3 aromatic heterocycles. The first kappa shape index (κ1) is 13.8. The lowest BCUT2D eigenvalue weighted by Gasteiger charge is -2.09. The quantitative estimate of drug-likeness (QED) is 0.589. The van der Waals surface area contributed by atoms with E-state index >= 15 is 0 Å². The summed E-state index contributed by atoms with van der Waals surface area (Å²) in [5.41, 5.74) is 3.19. The number of anilines is 2. The van der Waals surface area contributed by atoms with E-state index in [0.29, 0.717) is 0 Å². The van der Waals surface area contributed by atoms with Crippen molar-refractivity contribution >= 4 is 33.6 Å². The van der Waals surface area contributed by atoms with Crippen LogP contribution in [0.3, 0.4) is 0 Å². The third-order valence-electron chi connectivity index (χ3n) is 3.59. The number of hydrogen-bond donors (Lipinski definition) is 1. The maximum Gasteiger partial charge on any atom is 0.134 e. The molecule has 23 heavy (non-hydrogen) atoms. The van der Waals surface area contributed by atoms with Crippen molar-refractivity contribution in [3.63, 3.8) is 0 Å². The van der Waals surface area contributed by atoms with Gasteiger partial charge >= 0.3 is 0 Å². The first-order chi connectivity index (χ1) is 11.3. The van der Waals surface area contributed by atoms with Crippen LogP contribution in [0.25, 0.3) is 21.3 Å². The molecule has 1 N–H and O–H groups in total. The Hall–Kier alpha value is -2.79. The van der Waals surface area contributed by atoms with Crippen LogP contribution >= 0.6 is 11.3 Å². The normalized spacial score (nSPS) is 10.8. The number of nitrogens with zero attached hydrogens (tertiary/aromatic N) is 3. The van der Waals surface area contributed by atoms with Gasteiger partial charge in [0.25, 0.3) is 0 Å². The Morgan fingerprint density at radius 1 is 1.09 bits per heavy atom. The van der Waals surface area contributed by atoms with Gasteiger partial charge in [0.05, 0.1) is 10.6 Å². The summed E-state index contributed by atoms with van der Waals surface area (Å²) in [6, 6.07) is 12.2. The molecular weight excluding hydrogens is 304 g/mol. The van der Waals surface area contributed by atoms with E-state index in [4.69, 9.17) is 0 Å². The third kappa shape index (κ3) is 2.78. The van der Waals surface area contributed by atoms with Gasteiger partial charge in [-0.15, -0.1) is 11.3 Å². The van der Waals surface area contributed by atoms with Crippen LogP contribution in [0.1, 0.15) is 5.56 Å². The number of pyridine rings is 1. The Bertz CT molecular complexity index is 972. The summed E-state index contributed by atoms with van der Waals surface area (Å²) in [4.78, 5) is 14.0. The summed E-state index contributed by atoms with van der Waals surface area (Å²) in [6.45, 7) is 2.09. The Balaban J connectivity index is 1.71. The molecule has 0 saturated heterocycles. The lowest BCUT2D eigenvalue weighted by atomic mass is 10.1. The van der Waals surface area contributed by atoms with Gasteiger partial charge in [0.15, 0.2) is 0 Å². The molecule has 1 aromatic carbocycles. The summed E-state index contributed by atoms with van der Waals surface area (Å²) in [5, 5.41) is 7.73. The molecule has 0 aliphatic rings. The van der Waals surface area contributed by atoms with Gasteiger partial charge in [-0.3, -0.25) is 4.98 Å². The van der Waals surface area contributed by atoms with Crippen LogP contribution in [-0.4, -0.2) is 15.0 Å². The van der Waals surface area contributed by atoms with Crippen LogP contribution in [0.2, 0.25) is 0 Å². The molecule has 3 heterocycles. The molecule has 0 amide bonds. The van der Waals surface area contributed by atoms with Crippen molar-refractivity contribution in [3.8, 4) is 10.6 Å². The van der Waals surface area contributed by atoms with Crippen molar-refractivity contribution in [2.24, 2.45) is 0 Å². The number of fused-ring (bicyclic) bond motifs is 1. The topological polar surface area (TPSA) is 50.7 Å². The maximum atomic E-state index is 4.38. The highest BCUT2D eigenvalue weighted by atomic mass is 32.1. The summed E-state index contributed by atoms with van der Waals surface area (Å²) in [6.07, 6.45) is 5.26. The third-order valence-corrected chi connectivity index (χ3v) is 4.66. The fraction of sp³-hybridized carbons (Fsp3) is 0.0556. The van der Waals surface area contributed by atoms with Gasteiger partial charge in [0.2, 0.25) is 0 Å². The maximum absolute atomic E-state index is 4.38. The Morgan fingerprint density at radius 2 is 2.04 bits per heavy atom. The fourth-order valence-corrected chi connectivity index (χ4v) is 3.36. The number of hydrogen-bond acceptors (Lipinski definition) is 5. The zero-order valence-corrected chi connectivity index (χ0v) is 13.3. The van der Waals surface area contributed by atoms with Gasteiger partial charge in [-0.25, -0.2) is 9.97 Å². The van der Waals surface area contributed by atoms with Gasteiger partial charge < -0.3 is 5.32 Å². The minimum atomic E-state index is 0.783. The lowest BCUT2D eigenvalue weighted by molar-refractivity contribution is 1.18. The molecular formula is C18H14N4S. The summed E-state index contributed by atoms with van der Waals surface area (Å²) in [5.74, 6) is 0.783. The SMILES string of the molecule is Cc1csc(-c2cc(Nc3cccc4cnccc34)ncn2)c1. The van der Waals surface area contributed by atoms with Crippen molar-refractivity contribution in [2.45, 2.75) is 6.92 Å². The molecule has 5 heteroatoms. The van der Waals surface area contributed by atoms with Crippen LogP contribution < -0.4 is 5.32 Å². The Morgan fingerprint density at radius 3 is 2.91 bits per heavy atom. The van der Waals surface area contributed by atoms with Crippen molar-refractivity contribution in [1.29, 1.82) is 0 Å². The van der Waals surface area contributed by atoms with E-state index in [1.165, 1.54) is 5.56 Å². The van der Waals surface area contributed by atoms with E-state index in [0.717, 1.165) is 32.8 Å². The average molecular weight is 318 g/mol. The molecule has 4 aromatic rings. The highest BCUT2D eigenvalue weighted by molar-refractivity contribution is 7.13. The van der Waals surface area contributed by atoms with E-state index < -0.39 is 0 Å². The predicted molar refractivity (Wildman–Crippen MR) is 95.1 cm³/mol. The first-order valence-electron chi connectivity index (χ1n) is 7.27. The molecule has 0 fully saturated rings. The van der Waals surface area contributed by atoms with Gasteiger partial charge in [-0.2, -0.15) is 0 Å². The van der Waals surface area contributed by atoms with Crippen molar-refractivity contribution < 1.29 is 0 Å². The standard InChI is InChI=1S/C18H14N4S/c1-12-7-17(23-10-12)16-8-18(21-11-20-16)22-15-4-2-3-13-9-19-6-5-14(13)15/h2-11H,1H3,(H,20,21,22). The highest BCUT2D eigenvalue weighted by Crippen LogP contribution is 2.28. The zero-order valence-electron chi connectivity index (χ0n) is 12.5. The molecule has 0 spiro atoms. The van der Waals surface area contributed by atoms with Crippen LogP contribution in [0.15, 0.2) is 60.5 Å². The number of aryl methyl sites for hydroxylation is 1. The Labute approximate surface area is 137 Å². The summed E-state index contributed by atoms with van der Waals surface area (Å²) < 4.78 is 0. The van der Waals surface area contributed by atoms with Gasteiger partial charge in [-0.1, -0.05) is 12.1 Å². The molecule has 0 aliphatic heterocycles. The van der Waals surface area contributed by atoms with E-state index in [-0.39, 0.29) is 0 Å². The molecule has 112 valence electrons. The number of nitrogens with one attached hydrogen (secondary N) is 1. The highest BCUT2D eigenvalue weighted by Gasteiger charge is 2.06. The Kier molecular flexibility index (Phi) is 3.48. The van der Waals surface area contributed by atoms with E-state index in [9.17, 15) is 0 Å². The van der Waals surface area contributed by atoms with Crippen LogP contribution in [0, 0.1) is 6.92 Å². The van der Waals surface area contributed by atoms with Crippen molar-refractivity contribution in [3.05, 3.63) is 66.1 Å². The second-order valence-electron chi connectivity index (χ2n) is 5.30. The largest absolute Gasteiger partial charge is 0.340 e. The molecule has 4 rings (SSSR count). The van der Waals surface area contributed by atoms with Crippen molar-refractivity contribution in [1.82, 2.24) is 15.0 Å².